The smallest absolute Gasteiger partial charge is 0.248 e. The Hall–Kier alpha value is -1.95. The van der Waals surface area contributed by atoms with Gasteiger partial charge in [0.1, 0.15) is 5.82 Å². The molecular weight excluding hydrogens is 213 g/mol. The van der Waals surface area contributed by atoms with E-state index in [2.05, 4.69) is 5.32 Å². The lowest BCUT2D eigenvalue weighted by Gasteiger charge is -2.06. The van der Waals surface area contributed by atoms with Gasteiger partial charge < -0.3 is 16.8 Å². The standard InChI is InChI=1S/C10H12FN3O2/c11-7-2-1-6(10(13)16)5-8(7)14-9(15)3-4-12/h1-2,5H,3-4,12H2,(H2,13,16)(H,14,15). The first-order valence-electron chi connectivity index (χ1n) is 4.64. The van der Waals surface area contributed by atoms with Crippen molar-refractivity contribution in [1.29, 1.82) is 0 Å². The molecule has 0 aliphatic heterocycles. The van der Waals surface area contributed by atoms with E-state index in [4.69, 9.17) is 11.5 Å². The van der Waals surface area contributed by atoms with E-state index in [1.54, 1.807) is 0 Å². The molecule has 0 bridgehead atoms. The number of carbonyl (C=O) groups is 2. The second-order valence-corrected chi connectivity index (χ2v) is 3.15. The Kier molecular flexibility index (Phi) is 3.96. The molecule has 2 amide bonds. The monoisotopic (exact) mass is 225 g/mol. The SMILES string of the molecule is NCCC(=O)Nc1cc(C(N)=O)ccc1F. The van der Waals surface area contributed by atoms with E-state index in [9.17, 15) is 14.0 Å². The van der Waals surface area contributed by atoms with E-state index in [-0.39, 0.29) is 24.2 Å². The summed E-state index contributed by atoms with van der Waals surface area (Å²) in [6.07, 6.45) is 0.0836. The fourth-order valence-corrected chi connectivity index (χ4v) is 1.12. The molecule has 16 heavy (non-hydrogen) atoms. The van der Waals surface area contributed by atoms with Crippen LogP contribution in [-0.2, 0) is 4.79 Å². The number of hydrogen-bond donors (Lipinski definition) is 3. The third-order valence-electron chi connectivity index (χ3n) is 1.90. The lowest BCUT2D eigenvalue weighted by molar-refractivity contribution is -0.116. The van der Waals surface area contributed by atoms with E-state index in [0.29, 0.717) is 0 Å². The van der Waals surface area contributed by atoms with Crippen molar-refractivity contribution >= 4 is 17.5 Å². The van der Waals surface area contributed by atoms with Crippen molar-refractivity contribution in [1.82, 2.24) is 0 Å². The van der Waals surface area contributed by atoms with Gasteiger partial charge in [0.05, 0.1) is 5.69 Å². The summed E-state index contributed by atoms with van der Waals surface area (Å²) in [5.74, 6) is -1.73. The van der Waals surface area contributed by atoms with Crippen LogP contribution in [0.25, 0.3) is 0 Å². The molecule has 0 aliphatic carbocycles. The molecule has 0 radical (unpaired) electrons. The number of primary amides is 1. The predicted octanol–water partition coefficient (Wildman–Crippen LogP) is 0.212. The first kappa shape index (κ1) is 12.1. The molecular formula is C10H12FN3O2. The summed E-state index contributed by atoms with van der Waals surface area (Å²) >= 11 is 0. The topological polar surface area (TPSA) is 98.2 Å². The highest BCUT2D eigenvalue weighted by Gasteiger charge is 2.09. The average Bonchev–Trinajstić information content (AvgIpc) is 2.21. The Morgan fingerprint density at radius 2 is 2.06 bits per heavy atom. The van der Waals surface area contributed by atoms with Crippen molar-refractivity contribution < 1.29 is 14.0 Å². The Morgan fingerprint density at radius 1 is 1.38 bits per heavy atom. The van der Waals surface area contributed by atoms with Gasteiger partial charge in [-0.15, -0.1) is 0 Å². The predicted molar refractivity (Wildman–Crippen MR) is 57.2 cm³/mol. The summed E-state index contributed by atoms with van der Waals surface area (Å²) in [6, 6.07) is 3.50. The van der Waals surface area contributed by atoms with Gasteiger partial charge in [0.15, 0.2) is 0 Å². The molecule has 0 spiro atoms. The third-order valence-corrected chi connectivity index (χ3v) is 1.90. The van der Waals surface area contributed by atoms with Crippen molar-refractivity contribution in [3.8, 4) is 0 Å². The fraction of sp³-hybridized carbons (Fsp3) is 0.200. The lowest BCUT2D eigenvalue weighted by atomic mass is 10.2. The molecule has 0 aromatic heterocycles. The number of benzene rings is 1. The Bertz CT molecular complexity index is 421. The molecule has 1 aromatic rings. The molecule has 5 N–H and O–H groups in total. The molecule has 0 aliphatic rings. The summed E-state index contributed by atoms with van der Waals surface area (Å²) in [7, 11) is 0. The van der Waals surface area contributed by atoms with Crippen LogP contribution < -0.4 is 16.8 Å². The molecule has 5 nitrogen and oxygen atoms in total. The molecule has 0 saturated heterocycles. The molecule has 0 fully saturated rings. The fourth-order valence-electron chi connectivity index (χ4n) is 1.12. The van der Waals surface area contributed by atoms with Crippen molar-refractivity contribution in [2.75, 3.05) is 11.9 Å². The summed E-state index contributed by atoms with van der Waals surface area (Å²) in [4.78, 5) is 22.0. The number of hydrogen-bond acceptors (Lipinski definition) is 3. The zero-order valence-electron chi connectivity index (χ0n) is 8.50. The van der Waals surface area contributed by atoms with Crippen LogP contribution in [0.15, 0.2) is 18.2 Å². The number of carbonyl (C=O) groups excluding carboxylic acids is 2. The van der Waals surface area contributed by atoms with Crippen molar-refractivity contribution in [3.05, 3.63) is 29.6 Å². The zero-order chi connectivity index (χ0) is 12.1. The number of nitrogens with two attached hydrogens (primary N) is 2. The van der Waals surface area contributed by atoms with E-state index >= 15 is 0 Å². The number of halogens is 1. The largest absolute Gasteiger partial charge is 0.366 e. The Balaban J connectivity index is 2.90. The number of amides is 2. The van der Waals surface area contributed by atoms with Gasteiger partial charge in [0.2, 0.25) is 11.8 Å². The average molecular weight is 225 g/mol. The van der Waals surface area contributed by atoms with Crippen molar-refractivity contribution in [3.63, 3.8) is 0 Å². The highest BCUT2D eigenvalue weighted by atomic mass is 19.1. The number of rotatable bonds is 4. The van der Waals surface area contributed by atoms with Crippen LogP contribution in [0.1, 0.15) is 16.8 Å². The highest BCUT2D eigenvalue weighted by molar-refractivity contribution is 5.96. The zero-order valence-corrected chi connectivity index (χ0v) is 8.50. The Morgan fingerprint density at radius 3 is 2.62 bits per heavy atom. The number of nitrogens with one attached hydrogen (secondary N) is 1. The van der Waals surface area contributed by atoms with E-state index < -0.39 is 17.6 Å². The maximum Gasteiger partial charge on any atom is 0.248 e. The molecule has 1 aromatic carbocycles. The van der Waals surface area contributed by atoms with Gasteiger partial charge in [-0.2, -0.15) is 0 Å². The first-order chi connectivity index (χ1) is 7.54. The van der Waals surface area contributed by atoms with E-state index in [1.165, 1.54) is 12.1 Å². The minimum atomic E-state index is -0.686. The van der Waals surface area contributed by atoms with E-state index in [0.717, 1.165) is 6.07 Å². The van der Waals surface area contributed by atoms with Gasteiger partial charge in [-0.1, -0.05) is 0 Å². The summed E-state index contributed by atoms with van der Waals surface area (Å²) in [6.45, 7) is 0.170. The van der Waals surface area contributed by atoms with E-state index in [1.807, 2.05) is 0 Å². The van der Waals surface area contributed by atoms with Crippen molar-refractivity contribution in [2.24, 2.45) is 11.5 Å². The lowest BCUT2D eigenvalue weighted by Crippen LogP contribution is -2.18. The minimum absolute atomic E-state index is 0.0743. The molecule has 1 rings (SSSR count). The van der Waals surface area contributed by atoms with Gasteiger partial charge in [0, 0.05) is 18.5 Å². The van der Waals surface area contributed by atoms with Gasteiger partial charge in [-0.05, 0) is 18.2 Å². The highest BCUT2D eigenvalue weighted by Crippen LogP contribution is 2.16. The van der Waals surface area contributed by atoms with Crippen LogP contribution >= 0.6 is 0 Å². The number of anilines is 1. The quantitative estimate of drug-likeness (QED) is 0.683. The molecule has 0 saturated carbocycles. The molecule has 0 unspecified atom stereocenters. The maximum atomic E-state index is 13.2. The van der Waals surface area contributed by atoms with Gasteiger partial charge in [-0.25, -0.2) is 4.39 Å². The van der Waals surface area contributed by atoms with Crippen molar-refractivity contribution in [2.45, 2.75) is 6.42 Å². The van der Waals surface area contributed by atoms with Crippen LogP contribution in [0.4, 0.5) is 10.1 Å². The van der Waals surface area contributed by atoms with Gasteiger partial charge >= 0.3 is 0 Å². The van der Waals surface area contributed by atoms with Crippen LogP contribution in [0.2, 0.25) is 0 Å². The van der Waals surface area contributed by atoms with Gasteiger partial charge in [-0.3, -0.25) is 9.59 Å². The van der Waals surface area contributed by atoms with Crippen LogP contribution in [0.5, 0.6) is 0 Å². The summed E-state index contributed by atoms with van der Waals surface area (Å²) < 4.78 is 13.2. The maximum absolute atomic E-state index is 13.2. The molecule has 6 heteroatoms. The third kappa shape index (κ3) is 3.03. The molecule has 0 atom stereocenters. The summed E-state index contributed by atoms with van der Waals surface area (Å²) in [5, 5.41) is 2.30. The van der Waals surface area contributed by atoms with Crippen LogP contribution in [0.3, 0.4) is 0 Å². The second-order valence-electron chi connectivity index (χ2n) is 3.15. The minimum Gasteiger partial charge on any atom is -0.366 e. The molecule has 86 valence electrons. The first-order valence-corrected chi connectivity index (χ1v) is 4.64. The van der Waals surface area contributed by atoms with Crippen LogP contribution in [0, 0.1) is 5.82 Å². The van der Waals surface area contributed by atoms with Crippen LogP contribution in [-0.4, -0.2) is 18.4 Å². The second kappa shape index (κ2) is 5.22. The van der Waals surface area contributed by atoms with Gasteiger partial charge in [0.25, 0.3) is 0 Å². The molecule has 0 heterocycles. The normalized spacial score (nSPS) is 9.88. The summed E-state index contributed by atoms with van der Waals surface area (Å²) in [5.41, 5.74) is 10.3. The Labute approximate surface area is 91.6 Å².